The molecule has 0 saturated carbocycles. The standard InChI is InChI=1S/C22H30N4O/c1-16-6-8-18(9-7-16)21-23-17(2)14-19(24-21)25-10-12-26(13-11-25)20(27)15-22(3,4)5/h6-9,14H,10-13,15H2,1-5H3. The van der Waals surface area contributed by atoms with Crippen LogP contribution in [0.15, 0.2) is 30.3 Å². The SMILES string of the molecule is Cc1ccc(-c2nc(C)cc(N3CCN(C(=O)CC(C)(C)C)CC3)n2)cc1. The molecule has 1 fully saturated rings. The lowest BCUT2D eigenvalue weighted by molar-refractivity contribution is -0.133. The van der Waals surface area contributed by atoms with Crippen LogP contribution in [0, 0.1) is 19.3 Å². The topological polar surface area (TPSA) is 49.3 Å². The number of rotatable bonds is 3. The zero-order chi connectivity index (χ0) is 19.6. The van der Waals surface area contributed by atoms with Crippen LogP contribution < -0.4 is 4.90 Å². The van der Waals surface area contributed by atoms with Crippen molar-refractivity contribution in [3.8, 4) is 11.4 Å². The van der Waals surface area contributed by atoms with Crippen LogP contribution in [0.3, 0.4) is 0 Å². The number of carbonyl (C=O) groups excluding carboxylic acids is 1. The van der Waals surface area contributed by atoms with Gasteiger partial charge >= 0.3 is 0 Å². The number of hydrogen-bond acceptors (Lipinski definition) is 4. The van der Waals surface area contributed by atoms with E-state index in [0.29, 0.717) is 6.42 Å². The van der Waals surface area contributed by atoms with E-state index in [1.54, 1.807) is 0 Å². The fourth-order valence-corrected chi connectivity index (χ4v) is 3.30. The number of amides is 1. The van der Waals surface area contributed by atoms with Crippen molar-refractivity contribution in [2.45, 2.75) is 41.0 Å². The van der Waals surface area contributed by atoms with E-state index in [1.165, 1.54) is 5.56 Å². The molecule has 1 amide bonds. The predicted octanol–water partition coefficient (Wildman–Crippen LogP) is 3.85. The maximum atomic E-state index is 12.5. The lowest BCUT2D eigenvalue weighted by Gasteiger charge is -2.36. The second-order valence-electron chi connectivity index (χ2n) is 8.66. The van der Waals surface area contributed by atoms with Gasteiger partial charge in [0.15, 0.2) is 5.82 Å². The summed E-state index contributed by atoms with van der Waals surface area (Å²) in [5.74, 6) is 1.96. The molecule has 5 nitrogen and oxygen atoms in total. The molecule has 0 unspecified atom stereocenters. The minimum atomic E-state index is 0.0287. The van der Waals surface area contributed by atoms with E-state index in [0.717, 1.165) is 49.1 Å². The zero-order valence-corrected chi connectivity index (χ0v) is 17.1. The van der Waals surface area contributed by atoms with Gasteiger partial charge in [-0.1, -0.05) is 50.6 Å². The van der Waals surface area contributed by atoms with Crippen LogP contribution in [-0.2, 0) is 4.79 Å². The Morgan fingerprint density at radius 1 is 1.00 bits per heavy atom. The van der Waals surface area contributed by atoms with Gasteiger partial charge in [-0.05, 0) is 19.3 Å². The Balaban J connectivity index is 1.71. The lowest BCUT2D eigenvalue weighted by Crippen LogP contribution is -2.49. The molecule has 2 aromatic rings. The highest BCUT2D eigenvalue weighted by molar-refractivity contribution is 5.77. The Hall–Kier alpha value is -2.43. The van der Waals surface area contributed by atoms with Crippen LogP contribution in [0.4, 0.5) is 5.82 Å². The van der Waals surface area contributed by atoms with Crippen LogP contribution in [0.1, 0.15) is 38.4 Å². The van der Waals surface area contributed by atoms with Gasteiger partial charge in [0.2, 0.25) is 5.91 Å². The smallest absolute Gasteiger partial charge is 0.223 e. The minimum Gasteiger partial charge on any atom is -0.353 e. The number of nitrogens with zero attached hydrogens (tertiary/aromatic N) is 4. The summed E-state index contributed by atoms with van der Waals surface area (Å²) in [6.07, 6.45) is 0.594. The Morgan fingerprint density at radius 3 is 2.22 bits per heavy atom. The van der Waals surface area contributed by atoms with Crippen LogP contribution in [0.5, 0.6) is 0 Å². The van der Waals surface area contributed by atoms with Gasteiger partial charge in [0.1, 0.15) is 5.82 Å². The fourth-order valence-electron chi connectivity index (χ4n) is 3.30. The van der Waals surface area contributed by atoms with Crippen molar-refractivity contribution in [1.82, 2.24) is 14.9 Å². The summed E-state index contributed by atoms with van der Waals surface area (Å²) in [5.41, 5.74) is 3.25. The molecule has 1 aromatic carbocycles. The van der Waals surface area contributed by atoms with Gasteiger partial charge in [0, 0.05) is 49.9 Å². The van der Waals surface area contributed by atoms with Gasteiger partial charge in [-0.2, -0.15) is 0 Å². The Labute approximate surface area is 162 Å². The average Bonchev–Trinajstić information content (AvgIpc) is 2.60. The predicted molar refractivity (Wildman–Crippen MR) is 110 cm³/mol. The minimum absolute atomic E-state index is 0.0287. The van der Waals surface area contributed by atoms with Crippen LogP contribution >= 0.6 is 0 Å². The van der Waals surface area contributed by atoms with Crippen LogP contribution in [0.2, 0.25) is 0 Å². The molecule has 27 heavy (non-hydrogen) atoms. The van der Waals surface area contributed by atoms with E-state index < -0.39 is 0 Å². The molecule has 0 bridgehead atoms. The lowest BCUT2D eigenvalue weighted by atomic mass is 9.91. The summed E-state index contributed by atoms with van der Waals surface area (Å²) in [4.78, 5) is 26.1. The normalized spacial score (nSPS) is 15.1. The first kappa shape index (κ1) is 19.3. The van der Waals surface area contributed by atoms with E-state index in [2.05, 4.69) is 61.8 Å². The zero-order valence-electron chi connectivity index (χ0n) is 17.1. The van der Waals surface area contributed by atoms with Crippen molar-refractivity contribution in [2.24, 2.45) is 5.41 Å². The molecular formula is C22H30N4O. The first-order chi connectivity index (χ1) is 12.7. The highest BCUT2D eigenvalue weighted by Crippen LogP contribution is 2.23. The Kier molecular flexibility index (Phi) is 5.49. The maximum absolute atomic E-state index is 12.5. The molecule has 0 radical (unpaired) electrons. The number of anilines is 1. The average molecular weight is 367 g/mol. The van der Waals surface area contributed by atoms with Crippen LogP contribution in [-0.4, -0.2) is 47.0 Å². The van der Waals surface area contributed by atoms with Gasteiger partial charge in [-0.3, -0.25) is 4.79 Å². The van der Waals surface area contributed by atoms with E-state index >= 15 is 0 Å². The maximum Gasteiger partial charge on any atom is 0.223 e. The van der Waals surface area contributed by atoms with E-state index in [9.17, 15) is 4.79 Å². The van der Waals surface area contributed by atoms with Gasteiger partial charge < -0.3 is 9.80 Å². The first-order valence-electron chi connectivity index (χ1n) is 9.67. The van der Waals surface area contributed by atoms with E-state index in [4.69, 9.17) is 4.98 Å². The van der Waals surface area contributed by atoms with Crippen molar-refractivity contribution in [1.29, 1.82) is 0 Å². The fraction of sp³-hybridized carbons (Fsp3) is 0.500. The molecule has 144 valence electrons. The molecule has 1 aliphatic heterocycles. The van der Waals surface area contributed by atoms with Crippen LogP contribution in [0.25, 0.3) is 11.4 Å². The highest BCUT2D eigenvalue weighted by atomic mass is 16.2. The third-order valence-corrected chi connectivity index (χ3v) is 4.79. The molecule has 3 rings (SSSR count). The molecule has 0 aliphatic carbocycles. The summed E-state index contributed by atoms with van der Waals surface area (Å²) in [6.45, 7) is 13.5. The molecule has 1 saturated heterocycles. The Morgan fingerprint density at radius 2 is 1.63 bits per heavy atom. The van der Waals surface area contributed by atoms with Gasteiger partial charge in [0.05, 0.1) is 0 Å². The summed E-state index contributed by atoms with van der Waals surface area (Å²) in [5, 5.41) is 0. The number of piperazine rings is 1. The highest BCUT2D eigenvalue weighted by Gasteiger charge is 2.25. The number of hydrogen-bond donors (Lipinski definition) is 0. The third kappa shape index (κ3) is 5.06. The van der Waals surface area contributed by atoms with Crippen molar-refractivity contribution >= 4 is 11.7 Å². The van der Waals surface area contributed by atoms with E-state index in [1.807, 2.05) is 17.9 Å². The second-order valence-corrected chi connectivity index (χ2v) is 8.66. The number of aromatic nitrogens is 2. The summed E-state index contributed by atoms with van der Waals surface area (Å²) >= 11 is 0. The number of carbonyl (C=O) groups is 1. The monoisotopic (exact) mass is 366 g/mol. The second kappa shape index (κ2) is 7.67. The van der Waals surface area contributed by atoms with Crippen molar-refractivity contribution in [2.75, 3.05) is 31.1 Å². The Bertz CT molecular complexity index is 800. The molecule has 5 heteroatoms. The quantitative estimate of drug-likeness (QED) is 0.828. The molecule has 1 aliphatic rings. The van der Waals surface area contributed by atoms with Crippen molar-refractivity contribution in [3.63, 3.8) is 0 Å². The molecule has 0 spiro atoms. The third-order valence-electron chi connectivity index (χ3n) is 4.79. The van der Waals surface area contributed by atoms with Crippen molar-refractivity contribution in [3.05, 3.63) is 41.6 Å². The van der Waals surface area contributed by atoms with Gasteiger partial charge in [-0.25, -0.2) is 9.97 Å². The summed E-state index contributed by atoms with van der Waals surface area (Å²) < 4.78 is 0. The van der Waals surface area contributed by atoms with Gasteiger partial charge in [0.25, 0.3) is 0 Å². The molecule has 0 N–H and O–H groups in total. The first-order valence-corrected chi connectivity index (χ1v) is 9.67. The number of aryl methyl sites for hydroxylation is 2. The number of benzene rings is 1. The molecular weight excluding hydrogens is 336 g/mol. The van der Waals surface area contributed by atoms with E-state index in [-0.39, 0.29) is 11.3 Å². The molecule has 1 aromatic heterocycles. The largest absolute Gasteiger partial charge is 0.353 e. The summed E-state index contributed by atoms with van der Waals surface area (Å²) in [6, 6.07) is 10.3. The van der Waals surface area contributed by atoms with Gasteiger partial charge in [-0.15, -0.1) is 0 Å². The van der Waals surface area contributed by atoms with Crippen molar-refractivity contribution < 1.29 is 4.79 Å². The summed E-state index contributed by atoms with van der Waals surface area (Å²) in [7, 11) is 0. The molecule has 2 heterocycles. The molecule has 0 atom stereocenters.